The molecule has 0 aliphatic carbocycles. The van der Waals surface area contributed by atoms with Gasteiger partial charge in [0.1, 0.15) is 0 Å². The average molecular weight is 470 g/mol. The summed E-state index contributed by atoms with van der Waals surface area (Å²) in [7, 11) is 0. The molecule has 1 aromatic heterocycles. The highest BCUT2D eigenvalue weighted by Gasteiger charge is 2.18. The second-order valence-electron chi connectivity index (χ2n) is 8.79. The Kier molecular flexibility index (Phi) is 7.71. The lowest BCUT2D eigenvalue weighted by Gasteiger charge is -2.36. The van der Waals surface area contributed by atoms with E-state index in [9.17, 15) is 4.79 Å². The molecule has 0 unspecified atom stereocenters. The summed E-state index contributed by atoms with van der Waals surface area (Å²) in [5.41, 5.74) is 5.05. The summed E-state index contributed by atoms with van der Waals surface area (Å²) < 4.78 is 1.39. The van der Waals surface area contributed by atoms with Crippen molar-refractivity contribution in [2.45, 2.75) is 38.5 Å². The van der Waals surface area contributed by atoms with Gasteiger partial charge in [0.05, 0.1) is 0 Å². The molecule has 2 aliphatic rings. The number of nitrogens with zero attached hydrogens (tertiary/aromatic N) is 2. The van der Waals surface area contributed by atoms with Crippen LogP contribution in [0.3, 0.4) is 0 Å². The fourth-order valence-corrected chi connectivity index (χ4v) is 5.69. The Morgan fingerprint density at radius 3 is 2.69 bits per heavy atom. The summed E-state index contributed by atoms with van der Waals surface area (Å²) in [5.74, 6) is 0.150. The Labute approximate surface area is 201 Å². The maximum atomic E-state index is 11.6. The van der Waals surface area contributed by atoms with Gasteiger partial charge in [-0.2, -0.15) is 0 Å². The number of thiophene rings is 1. The van der Waals surface area contributed by atoms with Gasteiger partial charge in [0.15, 0.2) is 0 Å². The Balaban J connectivity index is 0.00000245. The molecule has 1 amide bonds. The standard InChI is InChI=1S/C26H31N3OS.ClH/c30-26-11-10-21-9-8-20(19-23(21)27-26)5-2-1-3-13-28-14-16-29(17-15-28)24-6-4-7-25-22(24)12-18-31-25;/h4,6-9,12,18-19H,1-3,5,10-11,13-17H2,(H,27,30);1H. The SMILES string of the molecule is Cl.O=C1CCc2ccc(CCCCCN3CCN(c4cccc5sccc45)CC3)cc2N1. The number of piperazine rings is 1. The van der Waals surface area contributed by atoms with Gasteiger partial charge < -0.3 is 10.2 Å². The monoisotopic (exact) mass is 469 g/mol. The topological polar surface area (TPSA) is 35.6 Å². The van der Waals surface area contributed by atoms with Crippen LogP contribution in [0.1, 0.15) is 36.8 Å². The van der Waals surface area contributed by atoms with E-state index in [-0.39, 0.29) is 18.3 Å². The van der Waals surface area contributed by atoms with Gasteiger partial charge >= 0.3 is 0 Å². The number of unbranched alkanes of at least 4 members (excludes halogenated alkanes) is 2. The summed E-state index contributed by atoms with van der Waals surface area (Å²) >= 11 is 1.83. The molecule has 0 radical (unpaired) electrons. The highest BCUT2D eigenvalue weighted by molar-refractivity contribution is 7.17. The van der Waals surface area contributed by atoms with E-state index in [1.807, 2.05) is 11.3 Å². The van der Waals surface area contributed by atoms with Gasteiger partial charge in [-0.25, -0.2) is 0 Å². The lowest BCUT2D eigenvalue weighted by atomic mass is 9.98. The number of aryl methyl sites for hydroxylation is 2. The van der Waals surface area contributed by atoms with Crippen molar-refractivity contribution in [1.82, 2.24) is 4.90 Å². The smallest absolute Gasteiger partial charge is 0.224 e. The van der Waals surface area contributed by atoms with Gasteiger partial charge in [-0.05, 0) is 73.0 Å². The zero-order valence-corrected chi connectivity index (χ0v) is 20.1. The first-order valence-electron chi connectivity index (χ1n) is 11.6. The van der Waals surface area contributed by atoms with Crippen LogP contribution in [0.4, 0.5) is 11.4 Å². The summed E-state index contributed by atoms with van der Waals surface area (Å²) in [6.45, 7) is 5.76. The fraction of sp³-hybridized carbons (Fsp3) is 0.423. The van der Waals surface area contributed by atoms with E-state index < -0.39 is 0 Å². The van der Waals surface area contributed by atoms with Crippen molar-refractivity contribution in [3.63, 3.8) is 0 Å². The van der Waals surface area contributed by atoms with Gasteiger partial charge in [-0.1, -0.05) is 24.6 Å². The average Bonchev–Trinajstić information content (AvgIpc) is 3.28. The maximum absolute atomic E-state index is 11.6. The molecule has 5 rings (SSSR count). The highest BCUT2D eigenvalue weighted by Crippen LogP contribution is 2.31. The third-order valence-corrected chi connectivity index (χ3v) is 7.58. The number of nitrogens with one attached hydrogen (secondary N) is 1. The number of benzene rings is 2. The van der Waals surface area contributed by atoms with E-state index in [0.29, 0.717) is 6.42 Å². The normalized spacial score (nSPS) is 16.5. The Hall–Kier alpha value is -2.08. The van der Waals surface area contributed by atoms with Crippen molar-refractivity contribution in [3.8, 4) is 0 Å². The van der Waals surface area contributed by atoms with Crippen LogP contribution >= 0.6 is 23.7 Å². The third-order valence-electron chi connectivity index (χ3n) is 6.70. The molecule has 2 aromatic carbocycles. The molecule has 4 nitrogen and oxygen atoms in total. The maximum Gasteiger partial charge on any atom is 0.224 e. The van der Waals surface area contributed by atoms with E-state index >= 15 is 0 Å². The predicted octanol–water partition coefficient (Wildman–Crippen LogP) is 5.74. The Bertz CT molecular complexity index is 1060. The molecule has 1 fully saturated rings. The van der Waals surface area contributed by atoms with Crippen LogP contribution in [-0.4, -0.2) is 43.5 Å². The van der Waals surface area contributed by atoms with Crippen molar-refractivity contribution in [3.05, 3.63) is 59.0 Å². The predicted molar refractivity (Wildman–Crippen MR) is 139 cm³/mol. The van der Waals surface area contributed by atoms with E-state index in [0.717, 1.165) is 44.7 Å². The zero-order chi connectivity index (χ0) is 21.0. The van der Waals surface area contributed by atoms with Crippen LogP contribution in [0.2, 0.25) is 0 Å². The van der Waals surface area contributed by atoms with Crippen molar-refractivity contribution >= 4 is 51.1 Å². The Morgan fingerprint density at radius 2 is 1.81 bits per heavy atom. The van der Waals surface area contributed by atoms with E-state index in [1.165, 1.54) is 52.7 Å². The number of hydrogen-bond donors (Lipinski definition) is 1. The molecular weight excluding hydrogens is 438 g/mol. The van der Waals surface area contributed by atoms with Crippen molar-refractivity contribution in [2.75, 3.05) is 42.9 Å². The zero-order valence-electron chi connectivity index (χ0n) is 18.5. The molecule has 3 aromatic rings. The molecule has 32 heavy (non-hydrogen) atoms. The van der Waals surface area contributed by atoms with Gasteiger partial charge in [-0.3, -0.25) is 9.69 Å². The summed E-state index contributed by atoms with van der Waals surface area (Å²) in [5, 5.41) is 6.62. The van der Waals surface area contributed by atoms with Crippen molar-refractivity contribution in [1.29, 1.82) is 0 Å². The fourth-order valence-electron chi connectivity index (χ4n) is 4.88. The minimum absolute atomic E-state index is 0. The first kappa shape index (κ1) is 23.1. The van der Waals surface area contributed by atoms with E-state index in [4.69, 9.17) is 0 Å². The van der Waals surface area contributed by atoms with Crippen LogP contribution in [0, 0.1) is 0 Å². The molecule has 6 heteroatoms. The van der Waals surface area contributed by atoms with Crippen LogP contribution in [0.5, 0.6) is 0 Å². The molecule has 3 heterocycles. The molecule has 0 spiro atoms. The van der Waals surface area contributed by atoms with Gasteiger partial charge in [0.2, 0.25) is 5.91 Å². The third kappa shape index (κ3) is 5.28. The molecule has 1 N–H and O–H groups in total. The largest absolute Gasteiger partial charge is 0.368 e. The quantitative estimate of drug-likeness (QED) is 0.448. The molecule has 0 saturated carbocycles. The molecule has 0 bridgehead atoms. The minimum atomic E-state index is 0. The van der Waals surface area contributed by atoms with Gasteiger partial charge in [0, 0.05) is 54.1 Å². The molecule has 2 aliphatic heterocycles. The van der Waals surface area contributed by atoms with Crippen molar-refractivity contribution in [2.24, 2.45) is 0 Å². The number of fused-ring (bicyclic) bond motifs is 2. The minimum Gasteiger partial charge on any atom is -0.368 e. The summed E-state index contributed by atoms with van der Waals surface area (Å²) in [6, 6.07) is 15.6. The number of carbonyl (C=O) groups excluding carboxylic acids is 1. The van der Waals surface area contributed by atoms with E-state index in [1.54, 1.807) is 0 Å². The van der Waals surface area contributed by atoms with Gasteiger partial charge in [0.25, 0.3) is 0 Å². The molecule has 170 valence electrons. The van der Waals surface area contributed by atoms with Crippen molar-refractivity contribution < 1.29 is 4.79 Å². The van der Waals surface area contributed by atoms with E-state index in [2.05, 4.69) is 63.0 Å². The summed E-state index contributed by atoms with van der Waals surface area (Å²) in [4.78, 5) is 16.8. The van der Waals surface area contributed by atoms with Crippen LogP contribution in [-0.2, 0) is 17.6 Å². The van der Waals surface area contributed by atoms with Crippen LogP contribution in [0.15, 0.2) is 47.8 Å². The number of carbonyl (C=O) groups is 1. The number of hydrogen-bond acceptors (Lipinski definition) is 4. The molecule has 0 atom stereocenters. The lowest BCUT2D eigenvalue weighted by Crippen LogP contribution is -2.46. The second kappa shape index (κ2) is 10.7. The van der Waals surface area contributed by atoms with Crippen LogP contribution in [0.25, 0.3) is 10.1 Å². The first-order valence-corrected chi connectivity index (χ1v) is 12.5. The second-order valence-corrected chi connectivity index (χ2v) is 9.74. The summed E-state index contributed by atoms with van der Waals surface area (Å²) in [6.07, 6.45) is 6.33. The number of halogens is 1. The molecular formula is C26H32ClN3OS. The number of rotatable bonds is 7. The lowest BCUT2D eigenvalue weighted by molar-refractivity contribution is -0.116. The van der Waals surface area contributed by atoms with Gasteiger partial charge in [-0.15, -0.1) is 23.7 Å². The molecule has 1 saturated heterocycles. The number of anilines is 2. The number of amides is 1. The van der Waals surface area contributed by atoms with Crippen LogP contribution < -0.4 is 10.2 Å². The Morgan fingerprint density at radius 1 is 0.938 bits per heavy atom. The highest BCUT2D eigenvalue weighted by atomic mass is 35.5. The first-order chi connectivity index (χ1) is 15.3.